The van der Waals surface area contributed by atoms with Gasteiger partial charge in [0.25, 0.3) is 0 Å². The fourth-order valence-electron chi connectivity index (χ4n) is 1.08. The van der Waals surface area contributed by atoms with E-state index in [-0.39, 0.29) is 11.1 Å². The van der Waals surface area contributed by atoms with Gasteiger partial charge in [-0.15, -0.1) is 0 Å². The summed E-state index contributed by atoms with van der Waals surface area (Å²) in [5.74, 6) is -1.35. The molecule has 0 bridgehead atoms. The van der Waals surface area contributed by atoms with Crippen LogP contribution in [0.25, 0.3) is 5.57 Å². The van der Waals surface area contributed by atoms with Crippen molar-refractivity contribution in [3.63, 3.8) is 0 Å². The number of carboxylic acids is 1. The molecule has 1 aromatic carbocycles. The van der Waals surface area contributed by atoms with Crippen LogP contribution in [0.15, 0.2) is 36.6 Å². The van der Waals surface area contributed by atoms with Crippen molar-refractivity contribution in [2.24, 2.45) is 0 Å². The van der Waals surface area contributed by atoms with Gasteiger partial charge in [-0.05, 0) is 5.56 Å². The molecule has 0 aromatic heterocycles. The molecule has 6 heteroatoms. The molecule has 0 saturated carbocycles. The topological polar surface area (TPSA) is 46.5 Å². The molecule has 17 heavy (non-hydrogen) atoms. The van der Waals surface area contributed by atoms with Crippen molar-refractivity contribution in [3.8, 4) is 0 Å². The number of hydrogen-bond acceptors (Lipinski definition) is 2. The highest BCUT2D eigenvalue weighted by Crippen LogP contribution is 2.18. The lowest BCUT2D eigenvalue weighted by atomic mass is 10.1. The van der Waals surface area contributed by atoms with E-state index >= 15 is 0 Å². The van der Waals surface area contributed by atoms with E-state index in [1.165, 1.54) is 12.1 Å². The SMILES string of the molecule is O=C(O)C(=COCC(F)(F)F)c1ccccc1. The van der Waals surface area contributed by atoms with Crippen LogP contribution in [0.2, 0.25) is 0 Å². The number of alkyl halides is 3. The lowest BCUT2D eigenvalue weighted by Crippen LogP contribution is -2.15. The van der Waals surface area contributed by atoms with Gasteiger partial charge in [-0.2, -0.15) is 13.2 Å². The molecule has 1 rings (SSSR count). The number of ether oxygens (including phenoxy) is 1. The van der Waals surface area contributed by atoms with E-state index in [0.29, 0.717) is 6.26 Å². The molecule has 0 spiro atoms. The minimum absolute atomic E-state index is 0.280. The van der Waals surface area contributed by atoms with Crippen molar-refractivity contribution in [2.75, 3.05) is 6.61 Å². The van der Waals surface area contributed by atoms with Crippen LogP contribution >= 0.6 is 0 Å². The number of carbonyl (C=O) groups is 1. The third-order valence-electron chi connectivity index (χ3n) is 1.76. The number of hydrogen-bond donors (Lipinski definition) is 1. The van der Waals surface area contributed by atoms with Crippen LogP contribution in [0.1, 0.15) is 5.56 Å². The zero-order chi connectivity index (χ0) is 12.9. The van der Waals surface area contributed by atoms with Crippen molar-refractivity contribution < 1.29 is 27.8 Å². The van der Waals surface area contributed by atoms with Gasteiger partial charge >= 0.3 is 12.1 Å². The maximum absolute atomic E-state index is 11.8. The fourth-order valence-corrected chi connectivity index (χ4v) is 1.08. The molecule has 0 aliphatic carbocycles. The maximum Gasteiger partial charge on any atom is 0.422 e. The Kier molecular flexibility index (Phi) is 4.14. The van der Waals surface area contributed by atoms with Gasteiger partial charge in [0.05, 0.1) is 6.26 Å². The smallest absolute Gasteiger partial charge is 0.422 e. The molecule has 0 unspecified atom stereocenters. The first-order valence-electron chi connectivity index (χ1n) is 4.57. The predicted molar refractivity (Wildman–Crippen MR) is 54.1 cm³/mol. The van der Waals surface area contributed by atoms with Gasteiger partial charge in [0.15, 0.2) is 6.61 Å². The number of halogens is 3. The van der Waals surface area contributed by atoms with Gasteiger partial charge in [-0.1, -0.05) is 30.3 Å². The molecule has 0 amide bonds. The Balaban J connectivity index is 2.81. The minimum Gasteiger partial charge on any atom is -0.491 e. The molecule has 0 radical (unpaired) electrons. The van der Waals surface area contributed by atoms with Crippen LogP contribution in [-0.2, 0) is 9.53 Å². The van der Waals surface area contributed by atoms with Gasteiger partial charge in [-0.25, -0.2) is 4.79 Å². The van der Waals surface area contributed by atoms with E-state index in [0.717, 1.165) is 0 Å². The van der Waals surface area contributed by atoms with Crippen molar-refractivity contribution in [1.82, 2.24) is 0 Å². The highest BCUT2D eigenvalue weighted by Gasteiger charge is 2.28. The molecule has 0 fully saturated rings. The molecule has 92 valence electrons. The monoisotopic (exact) mass is 246 g/mol. The van der Waals surface area contributed by atoms with Crippen molar-refractivity contribution in [3.05, 3.63) is 42.2 Å². The van der Waals surface area contributed by atoms with Crippen molar-refractivity contribution in [2.45, 2.75) is 6.18 Å². The lowest BCUT2D eigenvalue weighted by Gasteiger charge is -2.07. The second kappa shape index (κ2) is 5.38. The third-order valence-corrected chi connectivity index (χ3v) is 1.76. The van der Waals surface area contributed by atoms with Crippen molar-refractivity contribution in [1.29, 1.82) is 0 Å². The summed E-state index contributed by atoms with van der Waals surface area (Å²) in [6, 6.07) is 7.76. The Morgan fingerprint density at radius 1 is 1.29 bits per heavy atom. The first-order valence-corrected chi connectivity index (χ1v) is 4.57. The first-order chi connectivity index (χ1) is 7.90. The Labute approximate surface area is 95.1 Å². The average Bonchev–Trinajstić information content (AvgIpc) is 2.23. The Morgan fingerprint density at radius 3 is 2.35 bits per heavy atom. The number of rotatable bonds is 4. The maximum atomic E-state index is 11.8. The summed E-state index contributed by atoms with van der Waals surface area (Å²) >= 11 is 0. The number of carboxylic acid groups (broad SMARTS) is 1. The van der Waals surface area contributed by atoms with Crippen LogP contribution in [0.3, 0.4) is 0 Å². The Hall–Kier alpha value is -1.98. The summed E-state index contributed by atoms with van der Waals surface area (Å²) in [7, 11) is 0. The lowest BCUT2D eigenvalue weighted by molar-refractivity contribution is -0.161. The third kappa shape index (κ3) is 4.58. The van der Waals surface area contributed by atoms with E-state index in [4.69, 9.17) is 5.11 Å². The van der Waals surface area contributed by atoms with Gasteiger partial charge in [0.1, 0.15) is 5.57 Å². The Morgan fingerprint density at radius 2 is 1.88 bits per heavy atom. The zero-order valence-corrected chi connectivity index (χ0v) is 8.57. The number of aliphatic carboxylic acids is 1. The second-order valence-electron chi connectivity index (χ2n) is 3.13. The molecule has 0 aliphatic rings. The fraction of sp³-hybridized carbons (Fsp3) is 0.182. The first kappa shape index (κ1) is 13.1. The summed E-state index contributed by atoms with van der Waals surface area (Å²) in [5.41, 5.74) is -0.0444. The molecule has 3 nitrogen and oxygen atoms in total. The predicted octanol–water partition coefficient (Wildman–Crippen LogP) is 2.69. The minimum atomic E-state index is -4.49. The highest BCUT2D eigenvalue weighted by atomic mass is 19.4. The molecule has 1 N–H and O–H groups in total. The zero-order valence-electron chi connectivity index (χ0n) is 8.57. The molecular formula is C11H9F3O3. The summed E-state index contributed by atoms with van der Waals surface area (Å²) in [5, 5.41) is 8.83. The second-order valence-corrected chi connectivity index (χ2v) is 3.13. The van der Waals surface area contributed by atoms with Crippen LogP contribution in [-0.4, -0.2) is 23.9 Å². The van der Waals surface area contributed by atoms with E-state index < -0.39 is 18.8 Å². The van der Waals surface area contributed by atoms with Crippen LogP contribution < -0.4 is 0 Å². The van der Waals surface area contributed by atoms with E-state index in [1.54, 1.807) is 18.2 Å². The van der Waals surface area contributed by atoms with Crippen LogP contribution in [0.4, 0.5) is 13.2 Å². The van der Waals surface area contributed by atoms with Crippen molar-refractivity contribution >= 4 is 11.5 Å². The van der Waals surface area contributed by atoms with E-state index in [2.05, 4.69) is 4.74 Å². The molecule has 1 aromatic rings. The molecule has 0 aliphatic heterocycles. The van der Waals surface area contributed by atoms with Gasteiger partial charge in [0.2, 0.25) is 0 Å². The van der Waals surface area contributed by atoms with Gasteiger partial charge in [-0.3, -0.25) is 0 Å². The molecule has 0 atom stereocenters. The highest BCUT2D eigenvalue weighted by molar-refractivity contribution is 6.14. The normalized spacial score (nSPS) is 12.3. The Bertz CT molecular complexity index is 410. The van der Waals surface area contributed by atoms with Crippen LogP contribution in [0, 0.1) is 0 Å². The standard InChI is InChI=1S/C11H9F3O3/c12-11(13,14)7-17-6-9(10(15)16)8-4-2-1-3-5-8/h1-6H,7H2,(H,15,16). The summed E-state index contributed by atoms with van der Waals surface area (Å²) in [6.45, 7) is -1.52. The summed E-state index contributed by atoms with van der Waals surface area (Å²) in [4.78, 5) is 10.8. The van der Waals surface area contributed by atoms with E-state index in [1.807, 2.05) is 0 Å². The van der Waals surface area contributed by atoms with Gasteiger partial charge < -0.3 is 9.84 Å². The quantitative estimate of drug-likeness (QED) is 0.656. The summed E-state index contributed by atoms with van der Waals surface area (Å²) < 4.78 is 39.6. The molecule has 0 saturated heterocycles. The van der Waals surface area contributed by atoms with Crippen LogP contribution in [0.5, 0.6) is 0 Å². The van der Waals surface area contributed by atoms with Gasteiger partial charge in [0, 0.05) is 0 Å². The largest absolute Gasteiger partial charge is 0.491 e. The van der Waals surface area contributed by atoms with E-state index in [9.17, 15) is 18.0 Å². The summed E-state index contributed by atoms with van der Waals surface area (Å²) in [6.07, 6.45) is -3.89. The molecular weight excluding hydrogens is 237 g/mol. The molecule has 0 heterocycles. The average molecular weight is 246 g/mol. The number of benzene rings is 1.